The zero-order valence-corrected chi connectivity index (χ0v) is 11.3. The number of likely N-dealkylation sites (N-methyl/N-ethyl adjacent to an activating group) is 1. The fourth-order valence-corrected chi connectivity index (χ4v) is 2.48. The minimum absolute atomic E-state index is 0.0950. The Bertz CT molecular complexity index is 246. The highest BCUT2D eigenvalue weighted by molar-refractivity contribution is 5.76. The molecule has 3 unspecified atom stereocenters. The molecular formula is C13H26N2O2. The van der Waals surface area contributed by atoms with Gasteiger partial charge in [-0.25, -0.2) is 0 Å². The summed E-state index contributed by atoms with van der Waals surface area (Å²) in [7, 11) is 3.52. The van der Waals surface area contributed by atoms with Gasteiger partial charge < -0.3 is 15.4 Å². The number of carbonyl (C=O) groups excluding carboxylic acids is 1. The predicted molar refractivity (Wildman–Crippen MR) is 68.7 cm³/mol. The van der Waals surface area contributed by atoms with Crippen molar-refractivity contribution >= 4 is 5.91 Å². The standard InChI is InChI=1S/C13H26N2O2/c1-10(17-3)9-15(2)13(16)8-11-5-4-6-12(14)7-11/h10-12H,4-9,14H2,1-3H3. The highest BCUT2D eigenvalue weighted by atomic mass is 16.5. The van der Waals surface area contributed by atoms with Crippen LogP contribution in [-0.4, -0.2) is 43.7 Å². The van der Waals surface area contributed by atoms with E-state index in [4.69, 9.17) is 10.5 Å². The van der Waals surface area contributed by atoms with Crippen molar-refractivity contribution in [3.05, 3.63) is 0 Å². The third-order valence-corrected chi connectivity index (χ3v) is 3.65. The first kappa shape index (κ1) is 14.5. The second-order valence-electron chi connectivity index (χ2n) is 5.32. The van der Waals surface area contributed by atoms with Crippen LogP contribution < -0.4 is 5.73 Å². The molecule has 1 fully saturated rings. The zero-order chi connectivity index (χ0) is 12.8. The summed E-state index contributed by atoms with van der Waals surface area (Å²) in [5, 5.41) is 0. The third-order valence-electron chi connectivity index (χ3n) is 3.65. The van der Waals surface area contributed by atoms with Crippen LogP contribution in [-0.2, 0) is 9.53 Å². The first-order valence-corrected chi connectivity index (χ1v) is 6.55. The largest absolute Gasteiger partial charge is 0.380 e. The van der Waals surface area contributed by atoms with Crippen LogP contribution in [0.15, 0.2) is 0 Å². The van der Waals surface area contributed by atoms with Crippen molar-refractivity contribution in [1.82, 2.24) is 4.90 Å². The van der Waals surface area contributed by atoms with Crippen LogP contribution in [0, 0.1) is 5.92 Å². The topological polar surface area (TPSA) is 55.6 Å². The number of hydrogen-bond acceptors (Lipinski definition) is 3. The molecule has 1 amide bonds. The minimum Gasteiger partial charge on any atom is -0.380 e. The summed E-state index contributed by atoms with van der Waals surface area (Å²) in [4.78, 5) is 13.8. The summed E-state index contributed by atoms with van der Waals surface area (Å²) < 4.78 is 5.16. The van der Waals surface area contributed by atoms with Crippen molar-refractivity contribution in [3.8, 4) is 0 Å². The lowest BCUT2D eigenvalue weighted by Crippen LogP contribution is -2.36. The lowest BCUT2D eigenvalue weighted by molar-refractivity contribution is -0.132. The van der Waals surface area contributed by atoms with Gasteiger partial charge in [0.2, 0.25) is 5.91 Å². The van der Waals surface area contributed by atoms with Crippen LogP contribution >= 0.6 is 0 Å². The molecule has 0 aromatic heterocycles. The normalized spacial score (nSPS) is 26.6. The summed E-state index contributed by atoms with van der Waals surface area (Å²) >= 11 is 0. The summed E-state index contributed by atoms with van der Waals surface area (Å²) in [6.45, 7) is 2.63. The minimum atomic E-state index is 0.0950. The molecule has 0 heterocycles. The molecule has 0 bridgehead atoms. The maximum atomic E-state index is 12.0. The van der Waals surface area contributed by atoms with Crippen LogP contribution in [0.25, 0.3) is 0 Å². The van der Waals surface area contributed by atoms with Gasteiger partial charge in [-0.3, -0.25) is 4.79 Å². The second kappa shape index (κ2) is 6.97. The molecule has 17 heavy (non-hydrogen) atoms. The quantitative estimate of drug-likeness (QED) is 0.792. The molecule has 0 aromatic carbocycles. The van der Waals surface area contributed by atoms with E-state index in [0.717, 1.165) is 25.7 Å². The van der Waals surface area contributed by atoms with Crippen molar-refractivity contribution in [1.29, 1.82) is 0 Å². The number of amides is 1. The summed E-state index contributed by atoms with van der Waals surface area (Å²) in [5.74, 6) is 0.694. The van der Waals surface area contributed by atoms with Crippen molar-refractivity contribution < 1.29 is 9.53 Å². The van der Waals surface area contributed by atoms with Gasteiger partial charge in [0, 0.05) is 33.2 Å². The Morgan fingerprint density at radius 1 is 1.53 bits per heavy atom. The van der Waals surface area contributed by atoms with Crippen LogP contribution in [0.2, 0.25) is 0 Å². The van der Waals surface area contributed by atoms with E-state index in [2.05, 4.69) is 0 Å². The van der Waals surface area contributed by atoms with Crippen molar-refractivity contribution in [2.75, 3.05) is 20.7 Å². The van der Waals surface area contributed by atoms with E-state index < -0.39 is 0 Å². The SMILES string of the molecule is COC(C)CN(C)C(=O)CC1CCCC(N)C1. The molecule has 2 N–H and O–H groups in total. The maximum absolute atomic E-state index is 12.0. The van der Waals surface area contributed by atoms with Gasteiger partial charge in [-0.15, -0.1) is 0 Å². The van der Waals surface area contributed by atoms with Gasteiger partial charge in [0.25, 0.3) is 0 Å². The Hall–Kier alpha value is -0.610. The van der Waals surface area contributed by atoms with Gasteiger partial charge in [0.1, 0.15) is 0 Å². The van der Waals surface area contributed by atoms with E-state index in [1.165, 1.54) is 0 Å². The monoisotopic (exact) mass is 242 g/mol. The Labute approximate surface area is 104 Å². The molecule has 0 spiro atoms. The highest BCUT2D eigenvalue weighted by Gasteiger charge is 2.23. The van der Waals surface area contributed by atoms with Gasteiger partial charge in [0.15, 0.2) is 0 Å². The summed E-state index contributed by atoms with van der Waals surface area (Å²) in [5.41, 5.74) is 5.93. The van der Waals surface area contributed by atoms with Crippen LogP contribution in [0.3, 0.4) is 0 Å². The average molecular weight is 242 g/mol. The van der Waals surface area contributed by atoms with Gasteiger partial charge in [0.05, 0.1) is 6.10 Å². The van der Waals surface area contributed by atoms with E-state index in [1.807, 2.05) is 14.0 Å². The van der Waals surface area contributed by atoms with Crippen LogP contribution in [0.4, 0.5) is 0 Å². The van der Waals surface area contributed by atoms with Crippen molar-refractivity contribution in [2.24, 2.45) is 11.7 Å². The molecular weight excluding hydrogens is 216 g/mol. The molecule has 1 rings (SSSR count). The lowest BCUT2D eigenvalue weighted by atomic mass is 9.84. The molecule has 1 aliphatic carbocycles. The molecule has 1 saturated carbocycles. The molecule has 3 atom stereocenters. The molecule has 0 aliphatic heterocycles. The molecule has 0 saturated heterocycles. The first-order chi connectivity index (χ1) is 8.02. The van der Waals surface area contributed by atoms with Crippen molar-refractivity contribution in [2.45, 2.75) is 51.2 Å². The number of rotatable bonds is 5. The number of nitrogens with zero attached hydrogens (tertiary/aromatic N) is 1. The lowest BCUT2D eigenvalue weighted by Gasteiger charge is -2.28. The zero-order valence-electron chi connectivity index (χ0n) is 11.3. The first-order valence-electron chi connectivity index (χ1n) is 6.55. The molecule has 4 nitrogen and oxygen atoms in total. The molecule has 100 valence electrons. The maximum Gasteiger partial charge on any atom is 0.222 e. The molecule has 0 aromatic rings. The average Bonchev–Trinajstić information content (AvgIpc) is 2.28. The number of hydrogen-bond donors (Lipinski definition) is 1. The van der Waals surface area contributed by atoms with E-state index in [9.17, 15) is 4.79 Å². The highest BCUT2D eigenvalue weighted by Crippen LogP contribution is 2.26. The number of carbonyl (C=O) groups is 1. The Kier molecular flexibility index (Phi) is 5.92. The van der Waals surface area contributed by atoms with Gasteiger partial charge in [-0.1, -0.05) is 6.42 Å². The second-order valence-corrected chi connectivity index (χ2v) is 5.32. The van der Waals surface area contributed by atoms with E-state index in [-0.39, 0.29) is 12.0 Å². The molecule has 4 heteroatoms. The van der Waals surface area contributed by atoms with Crippen molar-refractivity contribution in [3.63, 3.8) is 0 Å². The van der Waals surface area contributed by atoms with Crippen LogP contribution in [0.1, 0.15) is 39.0 Å². The van der Waals surface area contributed by atoms with E-state index in [1.54, 1.807) is 12.0 Å². The van der Waals surface area contributed by atoms with Gasteiger partial charge >= 0.3 is 0 Å². The smallest absolute Gasteiger partial charge is 0.222 e. The summed E-state index contributed by atoms with van der Waals surface area (Å²) in [6.07, 6.45) is 5.16. The Balaban J connectivity index is 2.32. The Morgan fingerprint density at radius 3 is 2.82 bits per heavy atom. The molecule has 0 radical (unpaired) electrons. The number of methoxy groups -OCH3 is 1. The van der Waals surface area contributed by atoms with Gasteiger partial charge in [-0.05, 0) is 32.1 Å². The number of nitrogens with two attached hydrogens (primary N) is 1. The third kappa shape index (κ3) is 5.04. The van der Waals surface area contributed by atoms with E-state index in [0.29, 0.717) is 24.9 Å². The van der Waals surface area contributed by atoms with Crippen LogP contribution in [0.5, 0.6) is 0 Å². The molecule has 1 aliphatic rings. The fourth-order valence-electron chi connectivity index (χ4n) is 2.48. The van der Waals surface area contributed by atoms with E-state index >= 15 is 0 Å². The van der Waals surface area contributed by atoms with Gasteiger partial charge in [-0.2, -0.15) is 0 Å². The Morgan fingerprint density at radius 2 is 2.24 bits per heavy atom. The summed E-state index contributed by atoms with van der Waals surface area (Å²) in [6, 6.07) is 0.296. The number of ether oxygens (including phenoxy) is 1. The predicted octanol–water partition coefficient (Wildman–Crippen LogP) is 1.39. The fraction of sp³-hybridized carbons (Fsp3) is 0.923.